The molecule has 1 aromatic carbocycles. The van der Waals surface area contributed by atoms with Crippen LogP contribution in [0, 0.1) is 5.41 Å². The smallest absolute Gasteiger partial charge is 0.242 e. The van der Waals surface area contributed by atoms with Gasteiger partial charge in [-0.25, -0.2) is 0 Å². The molecular weight excluding hydrogens is 342 g/mol. The molecule has 3 rings (SSSR count). The van der Waals surface area contributed by atoms with Gasteiger partial charge in [0, 0.05) is 25.6 Å². The number of likely N-dealkylation sites (tertiary alicyclic amines) is 2. The molecule has 2 amide bonds. The van der Waals surface area contributed by atoms with E-state index >= 15 is 0 Å². The number of hydrogen-bond donors (Lipinski definition) is 0. The minimum Gasteiger partial charge on any atom is -0.496 e. The number of nitrogens with zero attached hydrogens (tertiary/aromatic N) is 3. The van der Waals surface area contributed by atoms with Gasteiger partial charge < -0.3 is 19.4 Å². The number of rotatable bonds is 5. The molecule has 27 heavy (non-hydrogen) atoms. The van der Waals surface area contributed by atoms with E-state index in [0.717, 1.165) is 37.2 Å². The molecule has 6 nitrogen and oxygen atoms in total. The summed E-state index contributed by atoms with van der Waals surface area (Å²) in [5.74, 6) is 0.852. The third kappa shape index (κ3) is 4.10. The van der Waals surface area contributed by atoms with Crippen molar-refractivity contribution in [3.05, 3.63) is 29.8 Å². The first-order valence-corrected chi connectivity index (χ1v) is 9.70. The number of para-hydroxylation sites is 1. The number of hydrogen-bond acceptors (Lipinski definition) is 4. The van der Waals surface area contributed by atoms with E-state index in [-0.39, 0.29) is 29.8 Å². The van der Waals surface area contributed by atoms with E-state index in [0.29, 0.717) is 13.0 Å². The molecule has 0 bridgehead atoms. The lowest BCUT2D eigenvalue weighted by molar-refractivity contribution is -0.138. The van der Waals surface area contributed by atoms with Crippen LogP contribution in [0.15, 0.2) is 24.3 Å². The van der Waals surface area contributed by atoms with E-state index in [9.17, 15) is 9.59 Å². The molecule has 1 atom stereocenters. The summed E-state index contributed by atoms with van der Waals surface area (Å²) in [6.45, 7) is 4.91. The van der Waals surface area contributed by atoms with E-state index in [1.54, 1.807) is 24.0 Å². The summed E-state index contributed by atoms with van der Waals surface area (Å²) >= 11 is 0. The van der Waals surface area contributed by atoms with Gasteiger partial charge in [-0.05, 0) is 51.4 Å². The molecule has 1 aromatic rings. The van der Waals surface area contributed by atoms with Crippen LogP contribution in [-0.2, 0) is 9.59 Å². The first-order valence-electron chi connectivity index (χ1n) is 9.70. The van der Waals surface area contributed by atoms with Gasteiger partial charge in [-0.15, -0.1) is 0 Å². The van der Waals surface area contributed by atoms with Crippen LogP contribution in [0.2, 0.25) is 0 Å². The van der Waals surface area contributed by atoms with Crippen molar-refractivity contribution in [2.24, 2.45) is 5.41 Å². The number of piperidine rings is 1. The van der Waals surface area contributed by atoms with Crippen LogP contribution in [0.5, 0.6) is 5.75 Å². The number of carbonyl (C=O) groups excluding carboxylic acids is 2. The zero-order chi connectivity index (χ0) is 19.6. The molecular formula is C21H31N3O3. The van der Waals surface area contributed by atoms with Gasteiger partial charge in [0.15, 0.2) is 0 Å². The van der Waals surface area contributed by atoms with Crippen molar-refractivity contribution in [3.63, 3.8) is 0 Å². The second-order valence-corrected chi connectivity index (χ2v) is 8.15. The third-order valence-electron chi connectivity index (χ3n) is 6.34. The first kappa shape index (κ1) is 19.7. The highest BCUT2D eigenvalue weighted by atomic mass is 16.5. The van der Waals surface area contributed by atoms with E-state index in [1.807, 2.05) is 31.2 Å². The summed E-state index contributed by atoms with van der Waals surface area (Å²) in [4.78, 5) is 31.2. The van der Waals surface area contributed by atoms with Crippen LogP contribution >= 0.6 is 0 Å². The summed E-state index contributed by atoms with van der Waals surface area (Å²) in [5, 5.41) is 0. The van der Waals surface area contributed by atoms with Crippen LogP contribution in [0.1, 0.15) is 37.8 Å². The summed E-state index contributed by atoms with van der Waals surface area (Å²) in [6, 6.07) is 7.62. The number of benzene rings is 1. The standard InChI is InChI=1S/C21H31N3O3/c1-16(17-7-5-6-8-18(17)27-4)23(3)20(26)14-24-15-21(13-19(24)25)9-11-22(2)12-10-21/h5-8,16H,9-15H2,1-4H3. The molecule has 0 aromatic heterocycles. The SMILES string of the molecule is COc1ccccc1C(C)N(C)C(=O)CN1CC2(CCN(C)CC2)CC1=O. The van der Waals surface area contributed by atoms with Crippen LogP contribution in [-0.4, -0.2) is 73.9 Å². The largest absolute Gasteiger partial charge is 0.496 e. The molecule has 2 aliphatic heterocycles. The Morgan fingerprint density at radius 3 is 2.63 bits per heavy atom. The average Bonchev–Trinajstić information content (AvgIpc) is 2.98. The first-order chi connectivity index (χ1) is 12.8. The Labute approximate surface area is 162 Å². The number of likely N-dealkylation sites (N-methyl/N-ethyl adjacent to an activating group) is 1. The van der Waals surface area contributed by atoms with Crippen LogP contribution < -0.4 is 4.74 Å². The van der Waals surface area contributed by atoms with Gasteiger partial charge in [0.2, 0.25) is 11.8 Å². The highest BCUT2D eigenvalue weighted by Crippen LogP contribution is 2.40. The van der Waals surface area contributed by atoms with Gasteiger partial charge in [-0.2, -0.15) is 0 Å². The van der Waals surface area contributed by atoms with Gasteiger partial charge in [0.05, 0.1) is 19.7 Å². The molecule has 2 saturated heterocycles. The van der Waals surface area contributed by atoms with E-state index < -0.39 is 0 Å². The summed E-state index contributed by atoms with van der Waals surface area (Å²) in [7, 11) is 5.56. The Balaban J connectivity index is 1.63. The van der Waals surface area contributed by atoms with Crippen molar-refractivity contribution >= 4 is 11.8 Å². The topological polar surface area (TPSA) is 53.1 Å². The predicted octanol–water partition coefficient (Wildman–Crippen LogP) is 2.16. The lowest BCUT2D eigenvalue weighted by atomic mass is 9.78. The summed E-state index contributed by atoms with van der Waals surface area (Å²) in [6.07, 6.45) is 2.65. The zero-order valence-electron chi connectivity index (χ0n) is 16.9. The Hall–Kier alpha value is -2.08. The lowest BCUT2D eigenvalue weighted by Crippen LogP contribution is -2.42. The molecule has 2 heterocycles. The Bertz CT molecular complexity index is 698. The Morgan fingerprint density at radius 1 is 1.30 bits per heavy atom. The third-order valence-corrected chi connectivity index (χ3v) is 6.34. The number of methoxy groups -OCH3 is 1. The van der Waals surface area contributed by atoms with E-state index in [4.69, 9.17) is 4.74 Å². The molecule has 0 saturated carbocycles. The lowest BCUT2D eigenvalue weighted by Gasteiger charge is -2.37. The predicted molar refractivity (Wildman–Crippen MR) is 105 cm³/mol. The minimum atomic E-state index is -0.122. The van der Waals surface area contributed by atoms with Gasteiger partial charge in [-0.3, -0.25) is 9.59 Å². The van der Waals surface area contributed by atoms with Crippen molar-refractivity contribution in [1.82, 2.24) is 14.7 Å². The monoisotopic (exact) mass is 373 g/mol. The highest BCUT2D eigenvalue weighted by Gasteiger charge is 2.45. The molecule has 1 unspecified atom stereocenters. The maximum Gasteiger partial charge on any atom is 0.242 e. The fourth-order valence-corrected chi connectivity index (χ4v) is 4.26. The molecule has 6 heteroatoms. The molecule has 1 spiro atoms. The molecule has 2 fully saturated rings. The van der Waals surface area contributed by atoms with Gasteiger partial charge in [0.1, 0.15) is 5.75 Å². The fourth-order valence-electron chi connectivity index (χ4n) is 4.26. The quantitative estimate of drug-likeness (QED) is 0.794. The maximum absolute atomic E-state index is 12.9. The second-order valence-electron chi connectivity index (χ2n) is 8.15. The second kappa shape index (κ2) is 7.89. The molecule has 0 N–H and O–H groups in total. The van der Waals surface area contributed by atoms with E-state index in [2.05, 4.69) is 11.9 Å². The molecule has 0 aliphatic carbocycles. The normalized spacial score (nSPS) is 20.7. The minimum absolute atomic E-state index is 0.0354. The Kier molecular flexibility index (Phi) is 5.75. The summed E-state index contributed by atoms with van der Waals surface area (Å²) < 4.78 is 5.42. The average molecular weight is 373 g/mol. The van der Waals surface area contributed by atoms with Crippen molar-refractivity contribution in [2.75, 3.05) is 47.4 Å². The number of ether oxygens (including phenoxy) is 1. The number of amides is 2. The van der Waals surface area contributed by atoms with E-state index in [1.165, 1.54) is 0 Å². The van der Waals surface area contributed by atoms with Crippen LogP contribution in [0.4, 0.5) is 0 Å². The number of carbonyl (C=O) groups is 2. The van der Waals surface area contributed by atoms with Crippen molar-refractivity contribution in [3.8, 4) is 5.75 Å². The molecule has 2 aliphatic rings. The van der Waals surface area contributed by atoms with Crippen LogP contribution in [0.3, 0.4) is 0 Å². The van der Waals surface area contributed by atoms with Crippen molar-refractivity contribution < 1.29 is 14.3 Å². The van der Waals surface area contributed by atoms with Gasteiger partial charge in [0.25, 0.3) is 0 Å². The molecule has 0 radical (unpaired) electrons. The fraction of sp³-hybridized carbons (Fsp3) is 0.619. The Morgan fingerprint density at radius 2 is 1.96 bits per heavy atom. The van der Waals surface area contributed by atoms with Crippen LogP contribution in [0.25, 0.3) is 0 Å². The zero-order valence-corrected chi connectivity index (χ0v) is 16.9. The van der Waals surface area contributed by atoms with Gasteiger partial charge in [-0.1, -0.05) is 18.2 Å². The maximum atomic E-state index is 12.9. The highest BCUT2D eigenvalue weighted by molar-refractivity contribution is 5.86. The van der Waals surface area contributed by atoms with Crippen molar-refractivity contribution in [1.29, 1.82) is 0 Å². The van der Waals surface area contributed by atoms with Crippen molar-refractivity contribution in [2.45, 2.75) is 32.2 Å². The summed E-state index contributed by atoms with van der Waals surface area (Å²) in [5.41, 5.74) is 1.03. The van der Waals surface area contributed by atoms with Gasteiger partial charge >= 0.3 is 0 Å². The molecule has 148 valence electrons.